The number of hydrogen-bond donors (Lipinski definition) is 3. The fourth-order valence-electron chi connectivity index (χ4n) is 1.41. The summed E-state index contributed by atoms with van der Waals surface area (Å²) in [6.45, 7) is 3.06. The maximum Gasteiger partial charge on any atom is 0.315 e. The molecule has 1 aromatic carbocycles. The standard InChI is InChI=1S/C12H19N3O2/c1-3-6-14-12(16)15-8-9-7-10(13)4-5-11(9)17-2/h4-5,7H,3,6,8,13H2,1-2H3,(H2,14,15,16). The number of ether oxygens (including phenoxy) is 1. The van der Waals surface area contributed by atoms with E-state index in [0.29, 0.717) is 18.8 Å². The maximum absolute atomic E-state index is 11.4. The quantitative estimate of drug-likeness (QED) is 0.679. The molecule has 4 N–H and O–H groups in total. The van der Waals surface area contributed by atoms with E-state index in [0.717, 1.165) is 17.7 Å². The molecule has 5 nitrogen and oxygen atoms in total. The Kier molecular flexibility index (Phi) is 5.13. The van der Waals surface area contributed by atoms with Gasteiger partial charge in [-0.2, -0.15) is 0 Å². The Hall–Kier alpha value is -1.91. The highest BCUT2D eigenvalue weighted by Crippen LogP contribution is 2.20. The van der Waals surface area contributed by atoms with E-state index in [4.69, 9.17) is 10.5 Å². The topological polar surface area (TPSA) is 76.4 Å². The van der Waals surface area contributed by atoms with Crippen molar-refractivity contribution in [2.24, 2.45) is 0 Å². The van der Waals surface area contributed by atoms with Gasteiger partial charge in [-0.05, 0) is 24.6 Å². The molecule has 17 heavy (non-hydrogen) atoms. The lowest BCUT2D eigenvalue weighted by Gasteiger charge is -2.11. The third-order valence-corrected chi connectivity index (χ3v) is 2.28. The third-order valence-electron chi connectivity index (χ3n) is 2.28. The highest BCUT2D eigenvalue weighted by Gasteiger charge is 2.05. The number of amides is 2. The van der Waals surface area contributed by atoms with Crippen LogP contribution in [0.2, 0.25) is 0 Å². The molecule has 1 rings (SSSR count). The van der Waals surface area contributed by atoms with Gasteiger partial charge in [-0.3, -0.25) is 0 Å². The minimum atomic E-state index is -0.184. The van der Waals surface area contributed by atoms with Crippen LogP contribution in [0.1, 0.15) is 18.9 Å². The summed E-state index contributed by atoms with van der Waals surface area (Å²) in [7, 11) is 1.59. The number of nitrogen functional groups attached to an aromatic ring is 1. The van der Waals surface area contributed by atoms with Crippen molar-refractivity contribution < 1.29 is 9.53 Å². The first-order chi connectivity index (χ1) is 8.17. The minimum Gasteiger partial charge on any atom is -0.496 e. The Bertz CT molecular complexity index is 380. The first-order valence-corrected chi connectivity index (χ1v) is 5.61. The number of nitrogens with one attached hydrogen (secondary N) is 2. The van der Waals surface area contributed by atoms with Crippen molar-refractivity contribution in [2.45, 2.75) is 19.9 Å². The van der Waals surface area contributed by atoms with Gasteiger partial charge in [0.2, 0.25) is 0 Å². The first-order valence-electron chi connectivity index (χ1n) is 5.61. The summed E-state index contributed by atoms with van der Waals surface area (Å²) in [5.41, 5.74) is 7.19. The van der Waals surface area contributed by atoms with Gasteiger partial charge < -0.3 is 21.1 Å². The monoisotopic (exact) mass is 237 g/mol. The summed E-state index contributed by atoms with van der Waals surface area (Å²) in [5, 5.41) is 5.48. The third kappa shape index (κ3) is 4.22. The van der Waals surface area contributed by atoms with Crippen molar-refractivity contribution in [3.05, 3.63) is 23.8 Å². The molecule has 0 unspecified atom stereocenters. The zero-order valence-corrected chi connectivity index (χ0v) is 10.2. The number of urea groups is 1. The summed E-state index contributed by atoms with van der Waals surface area (Å²) in [6, 6.07) is 5.16. The number of carbonyl (C=O) groups is 1. The van der Waals surface area contributed by atoms with Crippen LogP contribution in [0.4, 0.5) is 10.5 Å². The molecular formula is C12H19N3O2. The number of carbonyl (C=O) groups excluding carboxylic acids is 1. The van der Waals surface area contributed by atoms with Gasteiger partial charge in [-0.1, -0.05) is 6.92 Å². The first kappa shape index (κ1) is 13.2. The molecule has 0 aliphatic rings. The molecule has 2 amide bonds. The van der Waals surface area contributed by atoms with Crippen LogP contribution >= 0.6 is 0 Å². The normalized spacial score (nSPS) is 9.76. The van der Waals surface area contributed by atoms with Gasteiger partial charge in [0.05, 0.1) is 7.11 Å². The van der Waals surface area contributed by atoms with E-state index < -0.39 is 0 Å². The summed E-state index contributed by atoms with van der Waals surface area (Å²) in [4.78, 5) is 11.4. The molecule has 0 saturated heterocycles. The number of anilines is 1. The lowest BCUT2D eigenvalue weighted by atomic mass is 10.2. The lowest BCUT2D eigenvalue weighted by molar-refractivity contribution is 0.240. The van der Waals surface area contributed by atoms with Crippen LogP contribution in [-0.2, 0) is 6.54 Å². The van der Waals surface area contributed by atoms with E-state index in [-0.39, 0.29) is 6.03 Å². The van der Waals surface area contributed by atoms with E-state index in [1.807, 2.05) is 6.92 Å². The van der Waals surface area contributed by atoms with Crippen molar-refractivity contribution in [3.63, 3.8) is 0 Å². The molecule has 0 aliphatic heterocycles. The second-order valence-electron chi connectivity index (χ2n) is 3.68. The van der Waals surface area contributed by atoms with Crippen molar-refractivity contribution in [2.75, 3.05) is 19.4 Å². The average Bonchev–Trinajstić information content (AvgIpc) is 2.34. The smallest absolute Gasteiger partial charge is 0.315 e. The number of rotatable bonds is 5. The van der Waals surface area contributed by atoms with Crippen LogP contribution in [0.5, 0.6) is 5.75 Å². The second kappa shape index (κ2) is 6.62. The number of methoxy groups -OCH3 is 1. The van der Waals surface area contributed by atoms with Gasteiger partial charge in [0.25, 0.3) is 0 Å². The zero-order valence-electron chi connectivity index (χ0n) is 10.2. The van der Waals surface area contributed by atoms with Crippen LogP contribution < -0.4 is 21.1 Å². The molecular weight excluding hydrogens is 218 g/mol. The predicted molar refractivity (Wildman–Crippen MR) is 67.9 cm³/mol. The van der Waals surface area contributed by atoms with Crippen molar-refractivity contribution >= 4 is 11.7 Å². The Morgan fingerprint density at radius 2 is 2.18 bits per heavy atom. The van der Waals surface area contributed by atoms with Crippen LogP contribution in [0.3, 0.4) is 0 Å². The second-order valence-corrected chi connectivity index (χ2v) is 3.68. The van der Waals surface area contributed by atoms with Crippen LogP contribution in [0, 0.1) is 0 Å². The van der Waals surface area contributed by atoms with Crippen LogP contribution in [0.25, 0.3) is 0 Å². The highest BCUT2D eigenvalue weighted by molar-refractivity contribution is 5.73. The van der Waals surface area contributed by atoms with Crippen LogP contribution in [0.15, 0.2) is 18.2 Å². The van der Waals surface area contributed by atoms with Crippen molar-refractivity contribution in [1.29, 1.82) is 0 Å². The molecule has 0 spiro atoms. The maximum atomic E-state index is 11.4. The molecule has 0 aromatic heterocycles. The summed E-state index contributed by atoms with van der Waals surface area (Å²) >= 11 is 0. The molecule has 0 aliphatic carbocycles. The molecule has 0 fully saturated rings. The lowest BCUT2D eigenvalue weighted by Crippen LogP contribution is -2.35. The van der Waals surface area contributed by atoms with Gasteiger partial charge in [0.1, 0.15) is 5.75 Å². The molecule has 94 valence electrons. The van der Waals surface area contributed by atoms with Gasteiger partial charge in [-0.25, -0.2) is 4.79 Å². The SMILES string of the molecule is CCCNC(=O)NCc1cc(N)ccc1OC. The average molecular weight is 237 g/mol. The predicted octanol–water partition coefficient (Wildman–Crippen LogP) is 1.49. The minimum absolute atomic E-state index is 0.184. The molecule has 0 atom stereocenters. The van der Waals surface area contributed by atoms with Gasteiger partial charge in [0.15, 0.2) is 0 Å². The Labute approximate surface area is 101 Å². The van der Waals surface area contributed by atoms with E-state index in [9.17, 15) is 4.79 Å². The summed E-state index contributed by atoms with van der Waals surface area (Å²) in [5.74, 6) is 0.718. The molecule has 0 saturated carbocycles. The van der Waals surface area contributed by atoms with E-state index >= 15 is 0 Å². The van der Waals surface area contributed by atoms with Crippen molar-refractivity contribution in [3.8, 4) is 5.75 Å². The number of nitrogens with two attached hydrogens (primary N) is 1. The molecule has 0 heterocycles. The Morgan fingerprint density at radius 3 is 2.82 bits per heavy atom. The Morgan fingerprint density at radius 1 is 1.41 bits per heavy atom. The van der Waals surface area contributed by atoms with Crippen LogP contribution in [-0.4, -0.2) is 19.7 Å². The van der Waals surface area contributed by atoms with Gasteiger partial charge in [-0.15, -0.1) is 0 Å². The fourth-order valence-corrected chi connectivity index (χ4v) is 1.41. The summed E-state index contributed by atoms with van der Waals surface area (Å²) in [6.07, 6.45) is 0.912. The van der Waals surface area contributed by atoms with Crippen molar-refractivity contribution in [1.82, 2.24) is 10.6 Å². The molecule has 0 bridgehead atoms. The van der Waals surface area contributed by atoms with E-state index in [1.54, 1.807) is 25.3 Å². The highest BCUT2D eigenvalue weighted by atomic mass is 16.5. The molecule has 0 radical (unpaired) electrons. The summed E-state index contributed by atoms with van der Waals surface area (Å²) < 4.78 is 5.19. The number of benzene rings is 1. The van der Waals surface area contributed by atoms with Gasteiger partial charge >= 0.3 is 6.03 Å². The van der Waals surface area contributed by atoms with E-state index in [1.165, 1.54) is 0 Å². The molecule has 1 aromatic rings. The zero-order chi connectivity index (χ0) is 12.7. The molecule has 5 heteroatoms. The fraction of sp³-hybridized carbons (Fsp3) is 0.417. The van der Waals surface area contributed by atoms with E-state index in [2.05, 4.69) is 10.6 Å². The largest absolute Gasteiger partial charge is 0.496 e. The number of hydrogen-bond acceptors (Lipinski definition) is 3. The van der Waals surface area contributed by atoms with Gasteiger partial charge in [0, 0.05) is 24.3 Å². The Balaban J connectivity index is 2.56.